The van der Waals surface area contributed by atoms with Crippen molar-refractivity contribution in [1.82, 2.24) is 9.97 Å². The van der Waals surface area contributed by atoms with E-state index in [1.807, 2.05) is 32.4 Å². The van der Waals surface area contributed by atoms with Gasteiger partial charge < -0.3 is 5.32 Å². The monoisotopic (exact) mass is 233 g/mol. The van der Waals surface area contributed by atoms with Gasteiger partial charge in [-0.15, -0.1) is 11.3 Å². The molecule has 0 aliphatic carbocycles. The van der Waals surface area contributed by atoms with Gasteiger partial charge >= 0.3 is 0 Å². The van der Waals surface area contributed by atoms with Crippen molar-refractivity contribution in [2.24, 2.45) is 0 Å². The van der Waals surface area contributed by atoms with E-state index in [4.69, 9.17) is 0 Å². The summed E-state index contributed by atoms with van der Waals surface area (Å²) in [4.78, 5) is 9.67. The Morgan fingerprint density at radius 2 is 2.06 bits per heavy atom. The van der Waals surface area contributed by atoms with E-state index in [0.717, 1.165) is 16.3 Å². The first-order chi connectivity index (χ1) is 7.65. The quantitative estimate of drug-likeness (QED) is 0.883. The van der Waals surface area contributed by atoms with Gasteiger partial charge in [-0.05, 0) is 32.4 Å². The number of aryl methyl sites for hydroxylation is 2. The minimum Gasteiger partial charge on any atom is -0.376 e. The Kier molecular flexibility index (Phi) is 3.19. The van der Waals surface area contributed by atoms with Gasteiger partial charge in [0, 0.05) is 23.5 Å². The number of thiazole rings is 1. The summed E-state index contributed by atoms with van der Waals surface area (Å²) in [6, 6.07) is 2.37. The summed E-state index contributed by atoms with van der Waals surface area (Å²) in [6.07, 6.45) is 5.63. The topological polar surface area (TPSA) is 37.8 Å². The Labute approximate surface area is 99.6 Å². The van der Waals surface area contributed by atoms with Crippen molar-refractivity contribution in [3.63, 3.8) is 0 Å². The normalized spacial score (nSPS) is 12.4. The zero-order valence-corrected chi connectivity index (χ0v) is 10.5. The van der Waals surface area contributed by atoms with Crippen LogP contribution >= 0.6 is 11.3 Å². The number of nitrogens with one attached hydrogen (secondary N) is 1. The first-order valence-corrected chi connectivity index (χ1v) is 6.07. The molecule has 4 heteroatoms. The zero-order chi connectivity index (χ0) is 11.5. The Bertz CT molecular complexity index is 479. The van der Waals surface area contributed by atoms with Crippen LogP contribution in [-0.4, -0.2) is 9.97 Å². The lowest BCUT2D eigenvalue weighted by atomic mass is 10.2. The molecule has 84 valence electrons. The molecule has 0 aliphatic rings. The van der Waals surface area contributed by atoms with Crippen molar-refractivity contribution >= 4 is 17.0 Å². The maximum absolute atomic E-state index is 4.26. The molecule has 0 aromatic carbocycles. The predicted octanol–water partition coefficient (Wildman–Crippen LogP) is 3.33. The van der Waals surface area contributed by atoms with E-state index in [1.165, 1.54) is 4.88 Å². The lowest BCUT2D eigenvalue weighted by Crippen LogP contribution is -2.05. The fraction of sp³-hybridized carbons (Fsp3) is 0.333. The third kappa shape index (κ3) is 2.58. The maximum atomic E-state index is 4.26. The van der Waals surface area contributed by atoms with Gasteiger partial charge in [-0.2, -0.15) is 0 Å². The molecule has 0 aliphatic heterocycles. The second-order valence-electron chi connectivity index (χ2n) is 3.90. The fourth-order valence-electron chi connectivity index (χ4n) is 1.53. The smallest absolute Gasteiger partial charge is 0.0897 e. The van der Waals surface area contributed by atoms with E-state index in [-0.39, 0.29) is 6.04 Å². The summed E-state index contributed by atoms with van der Waals surface area (Å²) in [5.41, 5.74) is 2.22. The van der Waals surface area contributed by atoms with Crippen LogP contribution in [-0.2, 0) is 0 Å². The van der Waals surface area contributed by atoms with Gasteiger partial charge in [0.2, 0.25) is 0 Å². The molecule has 16 heavy (non-hydrogen) atoms. The average molecular weight is 233 g/mol. The lowest BCUT2D eigenvalue weighted by Gasteiger charge is -2.13. The molecule has 0 fully saturated rings. The predicted molar refractivity (Wildman–Crippen MR) is 67.9 cm³/mol. The van der Waals surface area contributed by atoms with Gasteiger partial charge in [-0.25, -0.2) is 4.98 Å². The number of hydrogen-bond donors (Lipinski definition) is 1. The van der Waals surface area contributed by atoms with Crippen LogP contribution in [0.2, 0.25) is 0 Å². The zero-order valence-electron chi connectivity index (χ0n) is 9.69. The average Bonchev–Trinajstić information content (AvgIpc) is 2.65. The van der Waals surface area contributed by atoms with Crippen molar-refractivity contribution in [3.05, 3.63) is 40.1 Å². The van der Waals surface area contributed by atoms with E-state index in [2.05, 4.69) is 28.3 Å². The second kappa shape index (κ2) is 4.61. The molecule has 1 unspecified atom stereocenters. The summed E-state index contributed by atoms with van der Waals surface area (Å²) < 4.78 is 0. The van der Waals surface area contributed by atoms with Crippen LogP contribution in [0.4, 0.5) is 5.69 Å². The molecule has 0 amide bonds. The molecule has 3 nitrogen and oxygen atoms in total. The standard InChI is InChI=1S/C12H15N3S/c1-8-4-11(6-13-5-8)15-9(2)12-7-14-10(3)16-12/h4-7,9,15H,1-3H3. The molecule has 1 N–H and O–H groups in total. The summed E-state index contributed by atoms with van der Waals surface area (Å²) in [5.74, 6) is 0. The number of anilines is 1. The number of rotatable bonds is 3. The highest BCUT2D eigenvalue weighted by Gasteiger charge is 2.08. The largest absolute Gasteiger partial charge is 0.376 e. The van der Waals surface area contributed by atoms with Crippen molar-refractivity contribution in [3.8, 4) is 0 Å². The van der Waals surface area contributed by atoms with Crippen molar-refractivity contribution in [2.45, 2.75) is 26.8 Å². The molecule has 0 spiro atoms. The molecule has 2 aromatic rings. The first-order valence-electron chi connectivity index (χ1n) is 5.25. The fourth-order valence-corrected chi connectivity index (χ4v) is 2.32. The van der Waals surface area contributed by atoms with Crippen LogP contribution < -0.4 is 5.32 Å². The van der Waals surface area contributed by atoms with Gasteiger partial charge in [-0.1, -0.05) is 0 Å². The van der Waals surface area contributed by atoms with Gasteiger partial charge in [-0.3, -0.25) is 4.98 Å². The van der Waals surface area contributed by atoms with Crippen LogP contribution in [0, 0.1) is 13.8 Å². The Morgan fingerprint density at radius 1 is 1.25 bits per heavy atom. The number of aromatic nitrogens is 2. The van der Waals surface area contributed by atoms with Crippen LogP contribution in [0.25, 0.3) is 0 Å². The van der Waals surface area contributed by atoms with Crippen LogP contribution in [0.15, 0.2) is 24.7 Å². The SMILES string of the molecule is Cc1cncc(NC(C)c2cnc(C)s2)c1. The molecule has 0 saturated carbocycles. The second-order valence-corrected chi connectivity index (χ2v) is 5.16. The summed E-state index contributed by atoms with van der Waals surface area (Å²) >= 11 is 1.73. The molecule has 0 radical (unpaired) electrons. The van der Waals surface area contributed by atoms with Gasteiger partial charge in [0.15, 0.2) is 0 Å². The molecule has 2 aromatic heterocycles. The lowest BCUT2D eigenvalue weighted by molar-refractivity contribution is 0.900. The van der Waals surface area contributed by atoms with Crippen molar-refractivity contribution in [1.29, 1.82) is 0 Å². The summed E-state index contributed by atoms with van der Waals surface area (Å²) in [6.45, 7) is 6.20. The van der Waals surface area contributed by atoms with Crippen LogP contribution in [0.1, 0.15) is 28.4 Å². The van der Waals surface area contributed by atoms with E-state index >= 15 is 0 Å². The minimum atomic E-state index is 0.273. The Morgan fingerprint density at radius 3 is 2.69 bits per heavy atom. The Hall–Kier alpha value is -1.42. The molecule has 1 atom stereocenters. The molecule has 0 bridgehead atoms. The minimum absolute atomic E-state index is 0.273. The van der Waals surface area contributed by atoms with E-state index in [9.17, 15) is 0 Å². The highest BCUT2D eigenvalue weighted by Crippen LogP contribution is 2.23. The molecular formula is C12H15N3S. The van der Waals surface area contributed by atoms with Gasteiger partial charge in [0.25, 0.3) is 0 Å². The van der Waals surface area contributed by atoms with Gasteiger partial charge in [0.1, 0.15) is 0 Å². The number of nitrogens with zero attached hydrogens (tertiary/aromatic N) is 2. The molecule has 2 heterocycles. The third-order valence-electron chi connectivity index (χ3n) is 2.32. The van der Waals surface area contributed by atoms with E-state index in [1.54, 1.807) is 11.3 Å². The maximum Gasteiger partial charge on any atom is 0.0897 e. The molecular weight excluding hydrogens is 218 g/mol. The first kappa shape index (κ1) is 11.1. The third-order valence-corrected chi connectivity index (χ3v) is 3.42. The van der Waals surface area contributed by atoms with E-state index in [0.29, 0.717) is 0 Å². The highest BCUT2D eigenvalue weighted by molar-refractivity contribution is 7.11. The Balaban J connectivity index is 2.10. The van der Waals surface area contributed by atoms with Crippen LogP contribution in [0.3, 0.4) is 0 Å². The van der Waals surface area contributed by atoms with Crippen LogP contribution in [0.5, 0.6) is 0 Å². The summed E-state index contributed by atoms with van der Waals surface area (Å²) in [5, 5.41) is 4.52. The summed E-state index contributed by atoms with van der Waals surface area (Å²) in [7, 11) is 0. The number of pyridine rings is 1. The molecule has 0 saturated heterocycles. The molecule has 2 rings (SSSR count). The van der Waals surface area contributed by atoms with Gasteiger partial charge in [0.05, 0.1) is 16.7 Å². The highest BCUT2D eigenvalue weighted by atomic mass is 32.1. The van der Waals surface area contributed by atoms with Crippen molar-refractivity contribution in [2.75, 3.05) is 5.32 Å². The number of hydrogen-bond acceptors (Lipinski definition) is 4. The van der Waals surface area contributed by atoms with E-state index < -0.39 is 0 Å². The van der Waals surface area contributed by atoms with Crippen molar-refractivity contribution < 1.29 is 0 Å².